The van der Waals surface area contributed by atoms with Crippen molar-refractivity contribution in [2.24, 2.45) is 0 Å². The number of aliphatic hydroxyl groups excluding tert-OH is 1. The van der Waals surface area contributed by atoms with E-state index in [9.17, 15) is 13.2 Å². The molecule has 1 unspecified atom stereocenters. The Balaban J connectivity index is 2.66. The number of hydrogen-bond acceptors (Lipinski definition) is 4. The van der Waals surface area contributed by atoms with E-state index in [2.05, 4.69) is 5.32 Å². The van der Waals surface area contributed by atoms with Crippen molar-refractivity contribution in [3.8, 4) is 5.75 Å². The van der Waals surface area contributed by atoms with Crippen LogP contribution in [0.5, 0.6) is 5.75 Å². The molecule has 0 saturated heterocycles. The lowest BCUT2D eigenvalue weighted by Gasteiger charge is -2.18. The van der Waals surface area contributed by atoms with Crippen LogP contribution in [0.4, 0.5) is 13.2 Å². The third-order valence-electron chi connectivity index (χ3n) is 2.64. The van der Waals surface area contributed by atoms with Gasteiger partial charge in [-0.25, -0.2) is 0 Å². The monoisotopic (exact) mass is 327 g/mol. The van der Waals surface area contributed by atoms with Crippen molar-refractivity contribution >= 4 is 11.6 Å². The maximum absolute atomic E-state index is 12.2. The zero-order chi connectivity index (χ0) is 15.9. The minimum atomic E-state index is -4.71. The van der Waals surface area contributed by atoms with Crippen LogP contribution in [0.25, 0.3) is 0 Å². The van der Waals surface area contributed by atoms with E-state index in [1.54, 1.807) is 19.2 Å². The maximum atomic E-state index is 12.2. The summed E-state index contributed by atoms with van der Waals surface area (Å²) in [5.74, 6) is 0.204. The number of benzene rings is 1. The Morgan fingerprint density at radius 2 is 2.10 bits per heavy atom. The van der Waals surface area contributed by atoms with Crippen molar-refractivity contribution < 1.29 is 27.8 Å². The van der Waals surface area contributed by atoms with Crippen LogP contribution in [-0.4, -0.2) is 44.3 Å². The lowest BCUT2D eigenvalue weighted by atomic mass is 10.2. The quantitative estimate of drug-likeness (QED) is 0.720. The first-order chi connectivity index (χ1) is 9.86. The molecule has 0 aromatic heterocycles. The molecular weight excluding hydrogens is 311 g/mol. The molecule has 2 N–H and O–H groups in total. The topological polar surface area (TPSA) is 50.7 Å². The Bertz CT molecular complexity index is 443. The zero-order valence-corrected chi connectivity index (χ0v) is 12.2. The molecule has 1 atom stereocenters. The number of halogens is 4. The van der Waals surface area contributed by atoms with Gasteiger partial charge in [0.05, 0.1) is 6.61 Å². The number of hydrogen-bond donors (Lipinski definition) is 2. The molecule has 4 nitrogen and oxygen atoms in total. The summed E-state index contributed by atoms with van der Waals surface area (Å²) in [6.07, 6.45) is -7.25. The van der Waals surface area contributed by atoms with Crippen LogP contribution >= 0.6 is 11.6 Å². The van der Waals surface area contributed by atoms with Crippen LogP contribution < -0.4 is 10.1 Å². The van der Waals surface area contributed by atoms with Crippen molar-refractivity contribution in [2.75, 3.05) is 26.9 Å². The van der Waals surface area contributed by atoms with Crippen molar-refractivity contribution in [3.05, 3.63) is 28.8 Å². The molecule has 0 saturated carbocycles. The van der Waals surface area contributed by atoms with E-state index in [0.717, 1.165) is 0 Å². The molecule has 1 rings (SSSR count). The zero-order valence-electron chi connectivity index (χ0n) is 11.4. The van der Waals surface area contributed by atoms with Gasteiger partial charge in [-0.1, -0.05) is 17.7 Å². The summed E-state index contributed by atoms with van der Waals surface area (Å²) in [4.78, 5) is 0. The summed E-state index contributed by atoms with van der Waals surface area (Å²) in [5.41, 5.74) is 0.532. The fourth-order valence-corrected chi connectivity index (χ4v) is 1.73. The first-order valence-electron chi connectivity index (χ1n) is 6.21. The largest absolute Gasteiger partial charge is 0.490 e. The normalized spacial score (nSPS) is 13.2. The van der Waals surface area contributed by atoms with Gasteiger partial charge in [0, 0.05) is 30.8 Å². The number of methoxy groups -OCH3 is 1. The maximum Gasteiger partial charge on any atom is 0.417 e. The molecule has 21 heavy (non-hydrogen) atoms. The van der Waals surface area contributed by atoms with Gasteiger partial charge in [-0.15, -0.1) is 0 Å². The smallest absolute Gasteiger partial charge is 0.417 e. The van der Waals surface area contributed by atoms with E-state index in [1.807, 2.05) is 0 Å². The van der Waals surface area contributed by atoms with Gasteiger partial charge in [-0.2, -0.15) is 13.2 Å². The summed E-state index contributed by atoms with van der Waals surface area (Å²) >= 11 is 6.01. The molecule has 8 heteroatoms. The number of rotatable bonds is 8. The molecule has 0 spiro atoms. The van der Waals surface area contributed by atoms with Crippen LogP contribution in [0.1, 0.15) is 5.56 Å². The van der Waals surface area contributed by atoms with E-state index in [-0.39, 0.29) is 5.75 Å². The third kappa shape index (κ3) is 6.09. The molecule has 120 valence electrons. The van der Waals surface area contributed by atoms with Crippen molar-refractivity contribution in [1.82, 2.24) is 5.32 Å². The van der Waals surface area contributed by atoms with Gasteiger partial charge in [-0.05, 0) is 12.1 Å². The van der Waals surface area contributed by atoms with Crippen LogP contribution in [0.3, 0.4) is 0 Å². The van der Waals surface area contributed by atoms with Crippen LogP contribution in [-0.2, 0) is 11.3 Å². The minimum Gasteiger partial charge on any atom is -0.490 e. The van der Waals surface area contributed by atoms with Gasteiger partial charge in [0.15, 0.2) is 6.10 Å². The summed E-state index contributed by atoms with van der Waals surface area (Å²) in [6.45, 7) is 0.495. The number of nitrogens with one attached hydrogen (secondary N) is 1. The summed E-state index contributed by atoms with van der Waals surface area (Å²) < 4.78 is 46.6. The predicted octanol–water partition coefficient (Wildman–Crippen LogP) is 2.38. The molecule has 0 heterocycles. The Morgan fingerprint density at radius 1 is 1.38 bits per heavy atom. The Morgan fingerprint density at radius 3 is 2.71 bits per heavy atom. The van der Waals surface area contributed by atoms with Gasteiger partial charge in [-0.3, -0.25) is 0 Å². The highest BCUT2D eigenvalue weighted by Gasteiger charge is 2.38. The molecule has 0 aliphatic heterocycles. The molecule has 0 fully saturated rings. The fourth-order valence-electron chi connectivity index (χ4n) is 1.50. The predicted molar refractivity (Wildman–Crippen MR) is 72.6 cm³/mol. The summed E-state index contributed by atoms with van der Waals surface area (Å²) in [5, 5.41) is 12.3. The van der Waals surface area contributed by atoms with E-state index >= 15 is 0 Å². The highest BCUT2D eigenvalue weighted by atomic mass is 35.5. The standard InChI is InChI=1S/C13H17ClF3NO3/c1-20-6-5-18-7-9-10(14)3-2-4-11(9)21-8-12(19)13(15,16)17/h2-4,12,18-19H,5-8H2,1H3. The summed E-state index contributed by atoms with van der Waals surface area (Å²) in [6, 6.07) is 4.68. The van der Waals surface area contributed by atoms with Crippen molar-refractivity contribution in [2.45, 2.75) is 18.8 Å². The summed E-state index contributed by atoms with van der Waals surface area (Å²) in [7, 11) is 1.56. The molecule has 1 aromatic rings. The first kappa shape index (κ1) is 18.0. The Hall–Kier alpha value is -1.02. The van der Waals surface area contributed by atoms with Crippen LogP contribution in [0, 0.1) is 0 Å². The van der Waals surface area contributed by atoms with E-state index in [4.69, 9.17) is 26.2 Å². The average molecular weight is 328 g/mol. The first-order valence-corrected chi connectivity index (χ1v) is 6.58. The Kier molecular flexibility index (Phi) is 7.24. The molecule has 0 bridgehead atoms. The molecule has 0 amide bonds. The van der Waals surface area contributed by atoms with Gasteiger partial charge in [0.25, 0.3) is 0 Å². The average Bonchev–Trinajstić information content (AvgIpc) is 2.41. The Labute approximate surface area is 125 Å². The number of ether oxygens (including phenoxy) is 2. The van der Waals surface area contributed by atoms with E-state index in [0.29, 0.717) is 30.3 Å². The molecule has 0 radical (unpaired) electrons. The van der Waals surface area contributed by atoms with Gasteiger partial charge < -0.3 is 19.9 Å². The molecular formula is C13H17ClF3NO3. The van der Waals surface area contributed by atoms with Crippen molar-refractivity contribution in [3.63, 3.8) is 0 Å². The second kappa shape index (κ2) is 8.43. The van der Waals surface area contributed by atoms with E-state index in [1.165, 1.54) is 6.07 Å². The lowest BCUT2D eigenvalue weighted by molar-refractivity contribution is -0.210. The van der Waals surface area contributed by atoms with E-state index < -0.39 is 18.9 Å². The van der Waals surface area contributed by atoms with Gasteiger partial charge in [0.2, 0.25) is 0 Å². The second-order valence-electron chi connectivity index (χ2n) is 4.25. The fraction of sp³-hybridized carbons (Fsp3) is 0.538. The number of aliphatic hydroxyl groups is 1. The van der Waals surface area contributed by atoms with Gasteiger partial charge >= 0.3 is 6.18 Å². The third-order valence-corrected chi connectivity index (χ3v) is 2.99. The SMILES string of the molecule is COCCNCc1c(Cl)cccc1OCC(O)C(F)(F)F. The molecule has 0 aliphatic rings. The van der Waals surface area contributed by atoms with Crippen molar-refractivity contribution in [1.29, 1.82) is 0 Å². The molecule has 0 aliphatic carbocycles. The lowest BCUT2D eigenvalue weighted by Crippen LogP contribution is -2.34. The number of alkyl halides is 3. The van der Waals surface area contributed by atoms with Gasteiger partial charge in [0.1, 0.15) is 12.4 Å². The second-order valence-corrected chi connectivity index (χ2v) is 4.66. The highest BCUT2D eigenvalue weighted by molar-refractivity contribution is 6.31. The highest BCUT2D eigenvalue weighted by Crippen LogP contribution is 2.27. The van der Waals surface area contributed by atoms with Crippen LogP contribution in [0.2, 0.25) is 5.02 Å². The van der Waals surface area contributed by atoms with Crippen LogP contribution in [0.15, 0.2) is 18.2 Å². The minimum absolute atomic E-state index is 0.204. The molecule has 1 aromatic carbocycles.